The molecule has 0 spiro atoms. The van der Waals surface area contributed by atoms with Crippen molar-refractivity contribution in [2.75, 3.05) is 13.2 Å². The lowest BCUT2D eigenvalue weighted by atomic mass is 10.2. The molecule has 1 aromatic heterocycles. The molecule has 2 heterocycles. The lowest BCUT2D eigenvalue weighted by Gasteiger charge is -2.20. The van der Waals surface area contributed by atoms with Gasteiger partial charge in [0.1, 0.15) is 19.8 Å². The van der Waals surface area contributed by atoms with Crippen LogP contribution in [0.4, 0.5) is 0 Å². The molecule has 1 aliphatic rings. The standard InChI is InChI=1S/C20H17BrN4O4/c1-13-22-23-24-25(13)17(9-14-5-3-2-4-6-14)20(26)29-12-15-10-18-19(11-16(15)21)28-8-7-27-18/h2-6,9-11H,7-8,12H2,1H3/b17-9-. The molecule has 148 valence electrons. The maximum Gasteiger partial charge on any atom is 0.357 e. The first kappa shape index (κ1) is 19.1. The number of benzene rings is 2. The number of rotatable bonds is 5. The van der Waals surface area contributed by atoms with Gasteiger partial charge in [-0.25, -0.2) is 4.79 Å². The molecule has 9 heteroatoms. The smallest absolute Gasteiger partial charge is 0.357 e. The van der Waals surface area contributed by atoms with Crippen LogP contribution in [0.25, 0.3) is 11.8 Å². The number of carbonyl (C=O) groups is 1. The molecule has 8 nitrogen and oxygen atoms in total. The van der Waals surface area contributed by atoms with E-state index in [0.29, 0.717) is 30.5 Å². The van der Waals surface area contributed by atoms with Gasteiger partial charge >= 0.3 is 5.97 Å². The number of aryl methyl sites for hydroxylation is 1. The largest absolute Gasteiger partial charge is 0.486 e. The predicted octanol–water partition coefficient (Wildman–Crippen LogP) is 3.26. The van der Waals surface area contributed by atoms with Crippen molar-refractivity contribution in [3.63, 3.8) is 0 Å². The van der Waals surface area contributed by atoms with Gasteiger partial charge in [-0.15, -0.1) is 5.10 Å². The highest BCUT2D eigenvalue weighted by Gasteiger charge is 2.20. The second-order valence-electron chi connectivity index (χ2n) is 6.24. The molecular weight excluding hydrogens is 440 g/mol. The number of nitrogens with zero attached hydrogens (tertiary/aromatic N) is 4. The molecule has 0 aliphatic carbocycles. The number of fused-ring (bicyclic) bond motifs is 1. The lowest BCUT2D eigenvalue weighted by molar-refractivity contribution is -0.138. The second kappa shape index (κ2) is 8.44. The summed E-state index contributed by atoms with van der Waals surface area (Å²) in [7, 11) is 0. The van der Waals surface area contributed by atoms with Crippen molar-refractivity contribution in [2.45, 2.75) is 13.5 Å². The summed E-state index contributed by atoms with van der Waals surface area (Å²) in [4.78, 5) is 12.9. The van der Waals surface area contributed by atoms with Crippen LogP contribution in [0, 0.1) is 6.92 Å². The SMILES string of the molecule is Cc1nnnn1/C(=C\c1ccccc1)C(=O)OCc1cc2c(cc1Br)OCCO2. The maximum atomic E-state index is 12.9. The molecule has 29 heavy (non-hydrogen) atoms. The number of ether oxygens (including phenoxy) is 3. The molecule has 4 rings (SSSR count). The molecule has 3 aromatic rings. The van der Waals surface area contributed by atoms with E-state index in [1.54, 1.807) is 19.1 Å². The van der Waals surface area contributed by atoms with Crippen LogP contribution in [0.1, 0.15) is 17.0 Å². The third-order valence-electron chi connectivity index (χ3n) is 4.24. The summed E-state index contributed by atoms with van der Waals surface area (Å²) >= 11 is 3.49. The van der Waals surface area contributed by atoms with E-state index in [2.05, 4.69) is 31.5 Å². The average molecular weight is 457 g/mol. The van der Waals surface area contributed by atoms with E-state index in [1.807, 2.05) is 36.4 Å². The summed E-state index contributed by atoms with van der Waals surface area (Å²) < 4.78 is 18.8. The molecule has 0 saturated heterocycles. The topological polar surface area (TPSA) is 88.4 Å². The summed E-state index contributed by atoms with van der Waals surface area (Å²) in [6.45, 7) is 2.75. The monoisotopic (exact) mass is 456 g/mol. The summed E-state index contributed by atoms with van der Waals surface area (Å²) in [5.41, 5.74) is 1.80. The second-order valence-corrected chi connectivity index (χ2v) is 7.10. The average Bonchev–Trinajstić information content (AvgIpc) is 3.16. The normalized spacial score (nSPS) is 13.2. The van der Waals surface area contributed by atoms with E-state index in [9.17, 15) is 4.79 Å². The minimum absolute atomic E-state index is 0.0450. The summed E-state index contributed by atoms with van der Waals surface area (Å²) in [6, 6.07) is 13.0. The highest BCUT2D eigenvalue weighted by molar-refractivity contribution is 9.10. The van der Waals surface area contributed by atoms with Gasteiger partial charge in [0.2, 0.25) is 0 Å². The van der Waals surface area contributed by atoms with Crippen molar-refractivity contribution in [1.29, 1.82) is 0 Å². The molecule has 0 unspecified atom stereocenters. The zero-order valence-corrected chi connectivity index (χ0v) is 17.1. The molecule has 1 aliphatic heterocycles. The molecule has 0 radical (unpaired) electrons. The fourth-order valence-electron chi connectivity index (χ4n) is 2.80. The lowest BCUT2D eigenvalue weighted by Crippen LogP contribution is -2.17. The highest BCUT2D eigenvalue weighted by atomic mass is 79.9. The van der Waals surface area contributed by atoms with Crippen LogP contribution in [0.5, 0.6) is 11.5 Å². The van der Waals surface area contributed by atoms with E-state index in [0.717, 1.165) is 15.6 Å². The molecular formula is C20H17BrN4O4. The summed E-state index contributed by atoms with van der Waals surface area (Å²) in [5, 5.41) is 11.4. The Bertz CT molecular complexity index is 1070. The van der Waals surface area contributed by atoms with Gasteiger partial charge in [0.05, 0.1) is 0 Å². The minimum atomic E-state index is -0.550. The van der Waals surface area contributed by atoms with Crippen LogP contribution in [0.2, 0.25) is 0 Å². The number of carbonyl (C=O) groups excluding carboxylic acids is 1. The quantitative estimate of drug-likeness (QED) is 0.429. The minimum Gasteiger partial charge on any atom is -0.486 e. The number of tetrazole rings is 1. The molecule has 2 aromatic carbocycles. The third-order valence-corrected chi connectivity index (χ3v) is 4.97. The van der Waals surface area contributed by atoms with Gasteiger partial charge in [0.25, 0.3) is 0 Å². The Morgan fingerprint density at radius 1 is 1.21 bits per heavy atom. The van der Waals surface area contributed by atoms with Crippen LogP contribution in [-0.2, 0) is 16.1 Å². The van der Waals surface area contributed by atoms with Crippen molar-refractivity contribution >= 4 is 33.7 Å². The van der Waals surface area contributed by atoms with Gasteiger partial charge in [0.15, 0.2) is 23.0 Å². The zero-order chi connectivity index (χ0) is 20.2. The Hall–Kier alpha value is -3.20. The predicted molar refractivity (Wildman–Crippen MR) is 108 cm³/mol. The van der Waals surface area contributed by atoms with E-state index in [4.69, 9.17) is 14.2 Å². The number of hydrogen-bond donors (Lipinski definition) is 0. The molecule has 0 bridgehead atoms. The van der Waals surface area contributed by atoms with E-state index in [-0.39, 0.29) is 12.3 Å². The number of halogens is 1. The van der Waals surface area contributed by atoms with Crippen molar-refractivity contribution < 1.29 is 19.0 Å². The van der Waals surface area contributed by atoms with E-state index >= 15 is 0 Å². The van der Waals surface area contributed by atoms with Crippen LogP contribution in [0.3, 0.4) is 0 Å². The summed E-state index contributed by atoms with van der Waals surface area (Å²) in [6.07, 6.45) is 1.69. The van der Waals surface area contributed by atoms with Gasteiger partial charge in [-0.3, -0.25) is 0 Å². The molecule has 0 amide bonds. The zero-order valence-electron chi connectivity index (χ0n) is 15.5. The number of esters is 1. The van der Waals surface area contributed by atoms with Crippen LogP contribution in [-0.4, -0.2) is 39.4 Å². The van der Waals surface area contributed by atoms with Crippen LogP contribution < -0.4 is 9.47 Å². The van der Waals surface area contributed by atoms with Crippen molar-refractivity contribution in [1.82, 2.24) is 20.2 Å². The number of hydrogen-bond acceptors (Lipinski definition) is 7. The van der Waals surface area contributed by atoms with E-state index in [1.165, 1.54) is 4.68 Å². The first-order chi connectivity index (χ1) is 14.1. The first-order valence-electron chi connectivity index (χ1n) is 8.89. The molecule has 0 atom stereocenters. The Kier molecular flexibility index (Phi) is 5.57. The van der Waals surface area contributed by atoms with Crippen molar-refractivity contribution in [2.24, 2.45) is 0 Å². The number of aromatic nitrogens is 4. The van der Waals surface area contributed by atoms with Crippen molar-refractivity contribution in [3.05, 3.63) is 63.9 Å². The van der Waals surface area contributed by atoms with Crippen LogP contribution in [0.15, 0.2) is 46.9 Å². The highest BCUT2D eigenvalue weighted by Crippen LogP contribution is 2.35. The van der Waals surface area contributed by atoms with Crippen LogP contribution >= 0.6 is 15.9 Å². The third kappa shape index (κ3) is 4.29. The molecule has 0 fully saturated rings. The summed E-state index contributed by atoms with van der Waals surface area (Å²) in [5.74, 6) is 1.21. The van der Waals surface area contributed by atoms with Gasteiger partial charge in [-0.1, -0.05) is 46.3 Å². The van der Waals surface area contributed by atoms with Gasteiger partial charge in [-0.2, -0.15) is 4.68 Å². The van der Waals surface area contributed by atoms with Gasteiger partial charge in [-0.05, 0) is 41.1 Å². The Morgan fingerprint density at radius 2 is 1.93 bits per heavy atom. The fourth-order valence-corrected chi connectivity index (χ4v) is 3.24. The maximum absolute atomic E-state index is 12.9. The Morgan fingerprint density at radius 3 is 2.62 bits per heavy atom. The Balaban J connectivity index is 1.58. The Labute approximate surface area is 175 Å². The van der Waals surface area contributed by atoms with E-state index < -0.39 is 5.97 Å². The molecule has 0 saturated carbocycles. The first-order valence-corrected chi connectivity index (χ1v) is 9.68. The van der Waals surface area contributed by atoms with Gasteiger partial charge in [0, 0.05) is 10.0 Å². The molecule has 0 N–H and O–H groups in total. The van der Waals surface area contributed by atoms with Gasteiger partial charge < -0.3 is 14.2 Å². The fraction of sp³-hybridized carbons (Fsp3) is 0.200. The van der Waals surface area contributed by atoms with Crippen molar-refractivity contribution in [3.8, 4) is 11.5 Å².